The number of carbonyl (C=O) groups excluding carboxylic acids is 1. The Hall–Kier alpha value is -2.22. The van der Waals surface area contributed by atoms with Gasteiger partial charge in [0.25, 0.3) is 11.5 Å². The van der Waals surface area contributed by atoms with Gasteiger partial charge < -0.3 is 20.8 Å². The molecule has 7 heteroatoms. The molecule has 1 saturated heterocycles. The highest BCUT2D eigenvalue weighted by molar-refractivity contribution is 7.21. The van der Waals surface area contributed by atoms with E-state index in [0.717, 1.165) is 22.0 Å². The van der Waals surface area contributed by atoms with E-state index in [-0.39, 0.29) is 23.6 Å². The highest BCUT2D eigenvalue weighted by Gasteiger charge is 2.25. The summed E-state index contributed by atoms with van der Waals surface area (Å²) < 4.78 is 6.20. The number of thiophene rings is 1. The molecule has 1 fully saturated rings. The number of hydrogen-bond acceptors (Lipinski definition) is 5. The average Bonchev–Trinajstić information content (AvgIpc) is 3.03. The molecule has 0 radical (unpaired) electrons. The maximum absolute atomic E-state index is 12.6. The predicted molar refractivity (Wildman–Crippen MR) is 94.6 cm³/mol. The zero-order valence-corrected chi connectivity index (χ0v) is 13.7. The standard InChI is InChI=1S/C17H17N3O3S/c18-11-5-6-23-8-13(11)20-17(22)14-7-10-15(24-14)9-3-1-2-4-12(9)19-16(10)21/h1-4,7,11,13H,5-6,8,18H2,(H,19,21)(H,20,22)/t11-,13+/m1/s1. The first-order valence-corrected chi connectivity index (χ1v) is 8.64. The monoisotopic (exact) mass is 343 g/mol. The number of rotatable bonds is 2. The number of nitrogens with one attached hydrogen (secondary N) is 2. The molecule has 3 heterocycles. The molecule has 2 atom stereocenters. The average molecular weight is 343 g/mol. The Morgan fingerprint density at radius 2 is 2.17 bits per heavy atom. The number of hydrogen-bond donors (Lipinski definition) is 3. The third kappa shape index (κ3) is 2.60. The Labute approximate surface area is 141 Å². The summed E-state index contributed by atoms with van der Waals surface area (Å²) in [5.41, 5.74) is 6.62. The normalized spacial score (nSPS) is 21.2. The van der Waals surface area contributed by atoms with Crippen LogP contribution in [0.4, 0.5) is 0 Å². The minimum Gasteiger partial charge on any atom is -0.379 e. The largest absolute Gasteiger partial charge is 0.379 e. The van der Waals surface area contributed by atoms with Gasteiger partial charge in [0.2, 0.25) is 0 Å². The van der Waals surface area contributed by atoms with Gasteiger partial charge in [-0.3, -0.25) is 9.59 Å². The highest BCUT2D eigenvalue weighted by atomic mass is 32.1. The summed E-state index contributed by atoms with van der Waals surface area (Å²) in [7, 11) is 0. The summed E-state index contributed by atoms with van der Waals surface area (Å²) in [6.45, 7) is 1.04. The van der Waals surface area contributed by atoms with Gasteiger partial charge in [0, 0.05) is 28.3 Å². The predicted octanol–water partition coefficient (Wildman–Crippen LogP) is 1.59. The Kier molecular flexibility index (Phi) is 3.84. The van der Waals surface area contributed by atoms with Crippen LogP contribution in [0.1, 0.15) is 16.1 Å². The fraction of sp³-hybridized carbons (Fsp3) is 0.294. The number of fused-ring (bicyclic) bond motifs is 3. The molecule has 4 rings (SSSR count). The van der Waals surface area contributed by atoms with Crippen molar-refractivity contribution in [3.05, 3.63) is 45.6 Å². The van der Waals surface area contributed by atoms with Gasteiger partial charge in [0.05, 0.1) is 22.9 Å². The highest BCUT2D eigenvalue weighted by Crippen LogP contribution is 2.29. The second-order valence-corrected chi connectivity index (χ2v) is 7.01. The van der Waals surface area contributed by atoms with Crippen LogP contribution >= 0.6 is 11.3 Å². The van der Waals surface area contributed by atoms with Crippen molar-refractivity contribution in [1.29, 1.82) is 0 Å². The van der Waals surface area contributed by atoms with Crippen molar-refractivity contribution in [3.8, 4) is 0 Å². The number of carbonyl (C=O) groups is 1. The molecule has 1 aliphatic heterocycles. The first-order chi connectivity index (χ1) is 11.6. The number of pyridine rings is 1. The Balaban J connectivity index is 1.72. The lowest BCUT2D eigenvalue weighted by atomic mass is 10.0. The van der Waals surface area contributed by atoms with Crippen LogP contribution in [-0.2, 0) is 4.74 Å². The molecule has 0 saturated carbocycles. The van der Waals surface area contributed by atoms with Crippen LogP contribution in [-0.4, -0.2) is 36.2 Å². The van der Waals surface area contributed by atoms with Crippen molar-refractivity contribution in [1.82, 2.24) is 10.3 Å². The van der Waals surface area contributed by atoms with E-state index in [1.165, 1.54) is 11.3 Å². The number of aromatic nitrogens is 1. The number of para-hydroxylation sites is 1. The van der Waals surface area contributed by atoms with Gasteiger partial charge >= 0.3 is 0 Å². The van der Waals surface area contributed by atoms with Crippen LogP contribution in [0, 0.1) is 0 Å². The van der Waals surface area contributed by atoms with Crippen molar-refractivity contribution in [2.75, 3.05) is 13.2 Å². The Bertz CT molecular complexity index is 978. The Morgan fingerprint density at radius 3 is 3.00 bits per heavy atom. The molecule has 124 valence electrons. The summed E-state index contributed by atoms with van der Waals surface area (Å²) in [6, 6.07) is 8.92. The smallest absolute Gasteiger partial charge is 0.261 e. The molecule has 0 aliphatic carbocycles. The molecule has 0 bridgehead atoms. The van der Waals surface area contributed by atoms with Crippen molar-refractivity contribution in [2.45, 2.75) is 18.5 Å². The van der Waals surface area contributed by atoms with Gasteiger partial charge in [-0.2, -0.15) is 0 Å². The number of ether oxygens (including phenoxy) is 1. The lowest BCUT2D eigenvalue weighted by Crippen LogP contribution is -2.53. The number of nitrogens with two attached hydrogens (primary N) is 1. The van der Waals surface area contributed by atoms with Gasteiger partial charge in [-0.15, -0.1) is 11.3 Å². The first kappa shape index (κ1) is 15.3. The van der Waals surface area contributed by atoms with E-state index in [0.29, 0.717) is 23.5 Å². The van der Waals surface area contributed by atoms with Gasteiger partial charge in [-0.05, 0) is 18.6 Å². The lowest BCUT2D eigenvalue weighted by molar-refractivity contribution is 0.0535. The lowest BCUT2D eigenvalue weighted by Gasteiger charge is -2.29. The minimum absolute atomic E-state index is 0.110. The summed E-state index contributed by atoms with van der Waals surface area (Å²) in [5.74, 6) is -0.217. The van der Waals surface area contributed by atoms with Gasteiger partial charge in [0.15, 0.2) is 0 Å². The molecule has 6 nitrogen and oxygen atoms in total. The minimum atomic E-state index is -0.217. The summed E-state index contributed by atoms with van der Waals surface area (Å²) >= 11 is 1.33. The first-order valence-electron chi connectivity index (χ1n) is 7.82. The summed E-state index contributed by atoms with van der Waals surface area (Å²) in [6.07, 6.45) is 0.724. The Morgan fingerprint density at radius 1 is 1.33 bits per heavy atom. The zero-order chi connectivity index (χ0) is 16.7. The van der Waals surface area contributed by atoms with Crippen LogP contribution in [0.3, 0.4) is 0 Å². The molecule has 24 heavy (non-hydrogen) atoms. The SMILES string of the molecule is N[C@@H]1CCOC[C@@H]1NC(=O)c1cc2c(=O)[nH]c3ccccc3c2s1. The quantitative estimate of drug-likeness (QED) is 0.658. The zero-order valence-electron chi connectivity index (χ0n) is 12.9. The second-order valence-electron chi connectivity index (χ2n) is 5.96. The van der Waals surface area contributed by atoms with Crippen LogP contribution in [0.25, 0.3) is 21.0 Å². The molecule has 1 aromatic carbocycles. The van der Waals surface area contributed by atoms with Crippen molar-refractivity contribution in [3.63, 3.8) is 0 Å². The number of benzene rings is 1. The number of aromatic amines is 1. The van der Waals surface area contributed by atoms with Gasteiger partial charge in [-0.1, -0.05) is 18.2 Å². The van der Waals surface area contributed by atoms with Crippen LogP contribution < -0.4 is 16.6 Å². The maximum atomic E-state index is 12.6. The van der Waals surface area contributed by atoms with E-state index in [9.17, 15) is 9.59 Å². The molecule has 3 aromatic rings. The molecular weight excluding hydrogens is 326 g/mol. The van der Waals surface area contributed by atoms with E-state index in [1.807, 2.05) is 24.3 Å². The third-order valence-corrected chi connectivity index (χ3v) is 5.51. The van der Waals surface area contributed by atoms with E-state index in [4.69, 9.17) is 10.5 Å². The maximum Gasteiger partial charge on any atom is 0.261 e. The third-order valence-electron chi connectivity index (χ3n) is 4.35. The summed E-state index contributed by atoms with van der Waals surface area (Å²) in [4.78, 5) is 28.2. The molecule has 1 aliphatic rings. The molecule has 0 unspecified atom stereocenters. The van der Waals surface area contributed by atoms with Crippen molar-refractivity contribution < 1.29 is 9.53 Å². The van der Waals surface area contributed by atoms with E-state index >= 15 is 0 Å². The fourth-order valence-electron chi connectivity index (χ4n) is 2.99. The molecule has 1 amide bonds. The second kappa shape index (κ2) is 6.01. The number of amides is 1. The van der Waals surface area contributed by atoms with Gasteiger partial charge in [0.1, 0.15) is 0 Å². The summed E-state index contributed by atoms with van der Waals surface area (Å²) in [5, 5.41) is 4.40. The molecule has 0 spiro atoms. The van der Waals surface area contributed by atoms with Crippen molar-refractivity contribution in [2.24, 2.45) is 5.73 Å². The van der Waals surface area contributed by atoms with E-state index in [2.05, 4.69) is 10.3 Å². The van der Waals surface area contributed by atoms with Crippen molar-refractivity contribution >= 4 is 38.2 Å². The van der Waals surface area contributed by atoms with Crippen LogP contribution in [0.5, 0.6) is 0 Å². The van der Waals surface area contributed by atoms with E-state index < -0.39 is 0 Å². The van der Waals surface area contributed by atoms with Gasteiger partial charge in [-0.25, -0.2) is 0 Å². The topological polar surface area (TPSA) is 97.2 Å². The molecule has 4 N–H and O–H groups in total. The molecular formula is C17H17N3O3S. The molecule has 2 aromatic heterocycles. The van der Waals surface area contributed by atoms with Crippen LogP contribution in [0.2, 0.25) is 0 Å². The fourth-order valence-corrected chi connectivity index (χ4v) is 4.09. The van der Waals surface area contributed by atoms with Crippen LogP contribution in [0.15, 0.2) is 35.1 Å². The number of H-pyrrole nitrogens is 1. The van der Waals surface area contributed by atoms with E-state index in [1.54, 1.807) is 6.07 Å².